The molecule has 1 atom stereocenters. The van der Waals surface area contributed by atoms with E-state index in [1.54, 1.807) is 0 Å². The van der Waals surface area contributed by atoms with Gasteiger partial charge < -0.3 is 14.6 Å². The number of aromatic nitrogens is 2. The number of amides is 1. The molecule has 7 heteroatoms. The van der Waals surface area contributed by atoms with E-state index in [4.69, 9.17) is 21.3 Å². The lowest BCUT2D eigenvalue weighted by molar-refractivity contribution is -0.135. The number of ether oxygens (including phenoxy) is 1. The summed E-state index contributed by atoms with van der Waals surface area (Å²) in [4.78, 5) is 26.0. The number of aromatic amines is 1. The number of carbonyl (C=O) groups excluding carboxylic acids is 1. The summed E-state index contributed by atoms with van der Waals surface area (Å²) in [5.41, 5.74) is 4.05. The van der Waals surface area contributed by atoms with Crippen LogP contribution in [0.3, 0.4) is 0 Å². The summed E-state index contributed by atoms with van der Waals surface area (Å²) in [7, 11) is 1.90. The van der Waals surface area contributed by atoms with Gasteiger partial charge in [-0.2, -0.15) is 0 Å². The number of hydrogen-bond donors (Lipinski definition) is 1. The predicted octanol–water partition coefficient (Wildman–Crippen LogP) is 5.95. The number of nitrogens with zero attached hydrogens (tertiary/aromatic N) is 3. The quantitative estimate of drug-likeness (QED) is 0.357. The smallest absolute Gasteiger partial charge is 0.223 e. The maximum Gasteiger partial charge on any atom is 0.223 e. The molecule has 3 aromatic rings. The van der Waals surface area contributed by atoms with Gasteiger partial charge in [-0.25, -0.2) is 4.98 Å². The van der Waals surface area contributed by atoms with Crippen LogP contribution >= 0.6 is 11.6 Å². The van der Waals surface area contributed by atoms with Crippen LogP contribution < -0.4 is 4.74 Å². The van der Waals surface area contributed by atoms with Crippen LogP contribution in [0, 0.1) is 19.3 Å². The Balaban J connectivity index is 1.51. The SMILES string of the molecule is CCc1nc(CN2CCC[C@@](COc3ccc(Cl)c(C)c3)(CC(=O)N(C)Cc3ccccc3)C2)c(C)[nH]1. The van der Waals surface area contributed by atoms with Crippen molar-refractivity contribution in [3.8, 4) is 5.75 Å². The number of halogens is 1. The van der Waals surface area contributed by atoms with Gasteiger partial charge in [-0.3, -0.25) is 9.69 Å². The van der Waals surface area contributed by atoms with E-state index in [0.29, 0.717) is 19.6 Å². The second-order valence-corrected chi connectivity index (χ2v) is 10.9. The molecule has 1 amide bonds. The lowest BCUT2D eigenvalue weighted by Crippen LogP contribution is -2.48. The second-order valence-electron chi connectivity index (χ2n) is 10.5. The van der Waals surface area contributed by atoms with Gasteiger partial charge in [-0.15, -0.1) is 0 Å². The molecular formula is C30H39ClN4O2. The van der Waals surface area contributed by atoms with E-state index in [-0.39, 0.29) is 11.3 Å². The molecule has 4 rings (SSSR count). The van der Waals surface area contributed by atoms with Crippen LogP contribution in [0.5, 0.6) is 5.75 Å². The largest absolute Gasteiger partial charge is 0.493 e. The predicted molar refractivity (Wildman–Crippen MR) is 149 cm³/mol. The number of H-pyrrole nitrogens is 1. The van der Waals surface area contributed by atoms with Crippen molar-refractivity contribution in [3.05, 3.63) is 81.9 Å². The van der Waals surface area contributed by atoms with Crippen molar-refractivity contribution in [2.75, 3.05) is 26.7 Å². The molecule has 2 heterocycles. The van der Waals surface area contributed by atoms with Crippen molar-refractivity contribution in [2.24, 2.45) is 5.41 Å². The highest BCUT2D eigenvalue weighted by Crippen LogP contribution is 2.36. The molecule has 0 aliphatic carbocycles. The molecule has 2 aromatic carbocycles. The Bertz CT molecular complexity index is 1200. The third-order valence-electron chi connectivity index (χ3n) is 7.37. The summed E-state index contributed by atoms with van der Waals surface area (Å²) in [6, 6.07) is 15.9. The zero-order chi connectivity index (χ0) is 26.4. The molecule has 1 aliphatic rings. The molecule has 198 valence electrons. The molecule has 0 spiro atoms. The van der Waals surface area contributed by atoms with Crippen molar-refractivity contribution in [3.63, 3.8) is 0 Å². The molecule has 0 unspecified atom stereocenters. The van der Waals surface area contributed by atoms with Gasteiger partial charge in [0.1, 0.15) is 11.6 Å². The van der Waals surface area contributed by atoms with Crippen molar-refractivity contribution >= 4 is 17.5 Å². The number of hydrogen-bond acceptors (Lipinski definition) is 4. The van der Waals surface area contributed by atoms with Crippen LogP contribution in [-0.4, -0.2) is 52.4 Å². The fraction of sp³-hybridized carbons (Fsp3) is 0.467. The minimum atomic E-state index is -0.286. The van der Waals surface area contributed by atoms with E-state index < -0.39 is 0 Å². The molecule has 37 heavy (non-hydrogen) atoms. The average Bonchev–Trinajstić information content (AvgIpc) is 3.24. The molecule has 0 radical (unpaired) electrons. The van der Waals surface area contributed by atoms with Crippen molar-refractivity contribution in [1.82, 2.24) is 19.8 Å². The number of carbonyl (C=O) groups is 1. The van der Waals surface area contributed by atoms with Crippen molar-refractivity contribution in [1.29, 1.82) is 0 Å². The van der Waals surface area contributed by atoms with Gasteiger partial charge in [0.2, 0.25) is 5.91 Å². The van der Waals surface area contributed by atoms with E-state index in [1.165, 1.54) is 0 Å². The Kier molecular flexibility index (Phi) is 8.93. The number of likely N-dealkylation sites (tertiary alicyclic amines) is 1. The van der Waals surface area contributed by atoms with E-state index in [1.807, 2.05) is 55.3 Å². The summed E-state index contributed by atoms with van der Waals surface area (Å²) in [5.74, 6) is 1.96. The minimum Gasteiger partial charge on any atom is -0.493 e. The Morgan fingerprint density at radius 2 is 2.00 bits per heavy atom. The molecule has 1 aromatic heterocycles. The second kappa shape index (κ2) is 12.1. The topological polar surface area (TPSA) is 61.5 Å². The van der Waals surface area contributed by atoms with Gasteiger partial charge in [-0.1, -0.05) is 48.9 Å². The van der Waals surface area contributed by atoms with Gasteiger partial charge in [0.05, 0.1) is 12.3 Å². The van der Waals surface area contributed by atoms with E-state index in [9.17, 15) is 4.79 Å². The third-order valence-corrected chi connectivity index (χ3v) is 7.80. The van der Waals surface area contributed by atoms with Crippen LogP contribution in [0.4, 0.5) is 0 Å². The monoisotopic (exact) mass is 522 g/mol. The zero-order valence-corrected chi connectivity index (χ0v) is 23.3. The maximum absolute atomic E-state index is 13.5. The maximum atomic E-state index is 13.5. The van der Waals surface area contributed by atoms with E-state index >= 15 is 0 Å². The lowest BCUT2D eigenvalue weighted by Gasteiger charge is -2.42. The summed E-state index contributed by atoms with van der Waals surface area (Å²) < 4.78 is 6.35. The summed E-state index contributed by atoms with van der Waals surface area (Å²) in [6.07, 6.45) is 3.30. The third kappa shape index (κ3) is 7.14. The highest BCUT2D eigenvalue weighted by molar-refractivity contribution is 6.31. The standard InChI is InChI=1S/C30H39ClN4O2/c1-5-28-32-23(3)27(33-28)19-35-15-9-14-30(20-35,21-37-25-12-13-26(31)22(2)16-25)17-29(36)34(4)18-24-10-7-6-8-11-24/h6-8,10-13,16H,5,9,14-15,17-21H2,1-4H3,(H,32,33)/t30-/m1/s1. The summed E-state index contributed by atoms with van der Waals surface area (Å²) >= 11 is 6.23. The van der Waals surface area contributed by atoms with Crippen LogP contribution in [0.25, 0.3) is 0 Å². The first-order valence-corrected chi connectivity index (χ1v) is 13.6. The first-order chi connectivity index (χ1) is 17.8. The normalized spacial score (nSPS) is 18.1. The molecule has 1 fully saturated rings. The zero-order valence-electron chi connectivity index (χ0n) is 22.5. The minimum absolute atomic E-state index is 0.144. The van der Waals surface area contributed by atoms with Crippen LogP contribution in [0.2, 0.25) is 5.02 Å². The number of nitrogens with one attached hydrogen (secondary N) is 1. The molecular weight excluding hydrogens is 484 g/mol. The molecule has 0 bridgehead atoms. The molecule has 1 saturated heterocycles. The highest BCUT2D eigenvalue weighted by atomic mass is 35.5. The van der Waals surface area contributed by atoms with Gasteiger partial charge in [0, 0.05) is 55.7 Å². The van der Waals surface area contributed by atoms with Crippen molar-refractivity contribution in [2.45, 2.75) is 59.5 Å². The number of benzene rings is 2. The fourth-order valence-corrected chi connectivity index (χ4v) is 5.32. The van der Waals surface area contributed by atoms with Gasteiger partial charge in [-0.05, 0) is 62.6 Å². The Morgan fingerprint density at radius 1 is 1.22 bits per heavy atom. The Labute approximate surface area is 226 Å². The first kappa shape index (κ1) is 27.2. The number of rotatable bonds is 10. The van der Waals surface area contributed by atoms with Crippen LogP contribution in [0.15, 0.2) is 48.5 Å². The number of aryl methyl sites for hydroxylation is 3. The summed E-state index contributed by atoms with van der Waals surface area (Å²) in [5, 5.41) is 0.726. The number of piperidine rings is 1. The molecule has 0 saturated carbocycles. The van der Waals surface area contributed by atoms with Crippen LogP contribution in [-0.2, 0) is 24.3 Å². The number of imidazole rings is 1. The average molecular weight is 523 g/mol. The van der Waals surface area contributed by atoms with Gasteiger partial charge in [0.25, 0.3) is 0 Å². The van der Waals surface area contributed by atoms with Crippen LogP contribution in [0.1, 0.15) is 54.5 Å². The first-order valence-electron chi connectivity index (χ1n) is 13.2. The van der Waals surface area contributed by atoms with E-state index in [2.05, 4.69) is 35.9 Å². The molecule has 6 nitrogen and oxygen atoms in total. The molecule has 1 aliphatic heterocycles. The Hall–Kier alpha value is -2.83. The van der Waals surface area contributed by atoms with Crippen molar-refractivity contribution < 1.29 is 9.53 Å². The van der Waals surface area contributed by atoms with Gasteiger partial charge >= 0.3 is 0 Å². The van der Waals surface area contributed by atoms with E-state index in [0.717, 1.165) is 78.0 Å². The lowest BCUT2D eigenvalue weighted by atomic mass is 9.77. The highest BCUT2D eigenvalue weighted by Gasteiger charge is 2.39. The molecule has 1 N–H and O–H groups in total. The van der Waals surface area contributed by atoms with Gasteiger partial charge in [0.15, 0.2) is 0 Å². The fourth-order valence-electron chi connectivity index (χ4n) is 5.20. The summed E-state index contributed by atoms with van der Waals surface area (Å²) in [6.45, 7) is 9.82. The Morgan fingerprint density at radius 3 is 2.70 bits per heavy atom.